The summed E-state index contributed by atoms with van der Waals surface area (Å²) in [6.45, 7) is 1.09. The number of ether oxygens (including phenoxy) is 1. The summed E-state index contributed by atoms with van der Waals surface area (Å²) in [6, 6.07) is 13.4. The van der Waals surface area contributed by atoms with Crippen LogP contribution in [0.2, 0.25) is 0 Å². The molecule has 0 saturated carbocycles. The van der Waals surface area contributed by atoms with Gasteiger partial charge in [0.2, 0.25) is 0 Å². The molecule has 29 heavy (non-hydrogen) atoms. The normalized spacial score (nSPS) is 16.6. The van der Waals surface area contributed by atoms with Gasteiger partial charge in [-0.05, 0) is 67.1 Å². The molecule has 0 radical (unpaired) electrons. The first-order valence-electron chi connectivity index (χ1n) is 9.96. The molecule has 1 aliphatic rings. The van der Waals surface area contributed by atoms with Crippen molar-refractivity contribution >= 4 is 22.5 Å². The highest BCUT2D eigenvalue weighted by molar-refractivity contribution is 5.90. The van der Waals surface area contributed by atoms with Crippen molar-refractivity contribution in [2.24, 2.45) is 11.7 Å². The van der Waals surface area contributed by atoms with E-state index < -0.39 is 5.97 Å². The average molecular weight is 391 g/mol. The van der Waals surface area contributed by atoms with Crippen LogP contribution in [0.25, 0.3) is 16.5 Å². The molecule has 2 aromatic carbocycles. The highest BCUT2D eigenvalue weighted by Crippen LogP contribution is 2.35. The first-order valence-corrected chi connectivity index (χ1v) is 9.96. The smallest absolute Gasteiger partial charge is 0.307 e. The second kappa shape index (κ2) is 8.53. The molecule has 1 heterocycles. The fourth-order valence-electron chi connectivity index (χ4n) is 3.93. The number of carbonyl (C=O) groups is 1. The summed E-state index contributed by atoms with van der Waals surface area (Å²) in [6.07, 6.45) is 7.02. The molecule has 0 amide bonds. The van der Waals surface area contributed by atoms with Crippen LogP contribution < -0.4 is 10.5 Å². The molecule has 1 atom stereocenters. The van der Waals surface area contributed by atoms with Gasteiger partial charge in [0, 0.05) is 16.5 Å². The molecule has 0 fully saturated rings. The maximum atomic E-state index is 11.1. The van der Waals surface area contributed by atoms with Crippen LogP contribution in [0.15, 0.2) is 59.2 Å². The van der Waals surface area contributed by atoms with Gasteiger partial charge in [-0.2, -0.15) is 0 Å². The molecule has 1 aliphatic carbocycles. The lowest BCUT2D eigenvalue weighted by Crippen LogP contribution is -2.16. The van der Waals surface area contributed by atoms with Gasteiger partial charge in [0.05, 0.1) is 12.7 Å². The minimum atomic E-state index is -0.872. The fourth-order valence-corrected chi connectivity index (χ4v) is 3.93. The number of carboxylic acids is 1. The topological polar surface area (TPSA) is 85.7 Å². The molecule has 1 unspecified atom stereocenters. The first kappa shape index (κ1) is 19.3. The van der Waals surface area contributed by atoms with E-state index in [2.05, 4.69) is 18.2 Å². The second-order valence-electron chi connectivity index (χ2n) is 7.55. The molecule has 0 saturated heterocycles. The lowest BCUT2D eigenvalue weighted by atomic mass is 9.86. The van der Waals surface area contributed by atoms with Crippen molar-refractivity contribution in [3.05, 3.63) is 71.5 Å². The standard InChI is InChI=1S/C24H25NO4/c25-14-16-5-7-18(8-6-16)21-12-17(11-20-9-10-28-24(20)21)15-29-22-4-2-1-3-19(22)13-23(26)27/h1-4,7,9-12,16H,5-6,8,13-15,25H2,(H,26,27). The number of nitrogens with two attached hydrogens (primary N) is 1. The van der Waals surface area contributed by atoms with Crippen molar-refractivity contribution in [2.45, 2.75) is 32.3 Å². The molecule has 0 bridgehead atoms. The van der Waals surface area contributed by atoms with Gasteiger partial charge >= 0.3 is 5.97 Å². The van der Waals surface area contributed by atoms with Crippen LogP contribution in [0, 0.1) is 5.92 Å². The highest BCUT2D eigenvalue weighted by atomic mass is 16.5. The third-order valence-electron chi connectivity index (χ3n) is 5.52. The van der Waals surface area contributed by atoms with Crippen LogP contribution in [-0.2, 0) is 17.8 Å². The van der Waals surface area contributed by atoms with Gasteiger partial charge in [0.25, 0.3) is 0 Å². The van der Waals surface area contributed by atoms with E-state index in [4.69, 9.17) is 20.0 Å². The van der Waals surface area contributed by atoms with E-state index >= 15 is 0 Å². The molecule has 5 heteroatoms. The Morgan fingerprint density at radius 1 is 1.24 bits per heavy atom. The molecule has 3 aromatic rings. The Kier molecular flexibility index (Phi) is 5.67. The average Bonchev–Trinajstić information content (AvgIpc) is 3.21. The van der Waals surface area contributed by atoms with Crippen molar-refractivity contribution in [1.82, 2.24) is 0 Å². The van der Waals surface area contributed by atoms with Gasteiger partial charge < -0.3 is 20.0 Å². The Bertz CT molecular complexity index is 1050. The van der Waals surface area contributed by atoms with E-state index in [0.29, 0.717) is 23.8 Å². The van der Waals surface area contributed by atoms with Gasteiger partial charge in [0.1, 0.15) is 17.9 Å². The zero-order valence-corrected chi connectivity index (χ0v) is 16.3. The van der Waals surface area contributed by atoms with Crippen LogP contribution in [-0.4, -0.2) is 17.6 Å². The van der Waals surface area contributed by atoms with Crippen LogP contribution in [0.4, 0.5) is 0 Å². The van der Waals surface area contributed by atoms with E-state index in [1.807, 2.05) is 24.3 Å². The second-order valence-corrected chi connectivity index (χ2v) is 7.55. The van der Waals surface area contributed by atoms with Gasteiger partial charge in [0.15, 0.2) is 0 Å². The number of aliphatic carboxylic acids is 1. The molecule has 150 valence electrons. The summed E-state index contributed by atoms with van der Waals surface area (Å²) in [7, 11) is 0. The van der Waals surface area contributed by atoms with E-state index in [9.17, 15) is 4.79 Å². The van der Waals surface area contributed by atoms with Crippen LogP contribution in [0.5, 0.6) is 5.75 Å². The number of furan rings is 1. The minimum absolute atomic E-state index is 0.0582. The summed E-state index contributed by atoms with van der Waals surface area (Å²) in [4.78, 5) is 11.1. The van der Waals surface area contributed by atoms with E-state index in [-0.39, 0.29) is 6.42 Å². The molecule has 0 spiro atoms. The number of carboxylic acid groups (broad SMARTS) is 1. The highest BCUT2D eigenvalue weighted by Gasteiger charge is 2.18. The SMILES string of the molecule is NCC1CC=C(c2cc(COc3ccccc3CC(=O)O)cc3ccoc23)CC1. The Labute approximate surface area is 169 Å². The summed E-state index contributed by atoms with van der Waals surface area (Å²) >= 11 is 0. The number of para-hydroxylation sites is 1. The fraction of sp³-hybridized carbons (Fsp3) is 0.292. The van der Waals surface area contributed by atoms with Crippen molar-refractivity contribution in [3.8, 4) is 5.75 Å². The number of benzene rings is 2. The predicted octanol–water partition coefficient (Wildman–Crippen LogP) is 4.78. The van der Waals surface area contributed by atoms with Gasteiger partial charge in [-0.1, -0.05) is 24.3 Å². The number of fused-ring (bicyclic) bond motifs is 1. The quantitative estimate of drug-likeness (QED) is 0.605. The molecule has 1 aromatic heterocycles. The van der Waals surface area contributed by atoms with Gasteiger partial charge in [-0.3, -0.25) is 4.79 Å². The van der Waals surface area contributed by atoms with Crippen molar-refractivity contribution < 1.29 is 19.1 Å². The summed E-state index contributed by atoms with van der Waals surface area (Å²) in [5.41, 5.74) is 10.8. The summed E-state index contributed by atoms with van der Waals surface area (Å²) < 4.78 is 11.8. The maximum Gasteiger partial charge on any atom is 0.307 e. The number of hydrogen-bond acceptors (Lipinski definition) is 4. The van der Waals surface area contributed by atoms with Crippen molar-refractivity contribution in [2.75, 3.05) is 6.54 Å². The van der Waals surface area contributed by atoms with Gasteiger partial charge in [-0.25, -0.2) is 0 Å². The van der Waals surface area contributed by atoms with Crippen molar-refractivity contribution in [1.29, 1.82) is 0 Å². The first-order chi connectivity index (χ1) is 14.1. The van der Waals surface area contributed by atoms with Crippen LogP contribution in [0.3, 0.4) is 0 Å². The predicted molar refractivity (Wildman–Crippen MR) is 113 cm³/mol. The molecular formula is C24H25NO4. The Morgan fingerprint density at radius 3 is 2.86 bits per heavy atom. The lowest BCUT2D eigenvalue weighted by Gasteiger charge is -2.21. The molecular weight excluding hydrogens is 366 g/mol. The number of rotatable bonds is 7. The van der Waals surface area contributed by atoms with Crippen molar-refractivity contribution in [3.63, 3.8) is 0 Å². The number of allylic oxidation sites excluding steroid dienone is 2. The molecule has 5 nitrogen and oxygen atoms in total. The summed E-state index contributed by atoms with van der Waals surface area (Å²) in [5.74, 6) is 0.290. The number of hydrogen-bond donors (Lipinski definition) is 2. The molecule has 0 aliphatic heterocycles. The van der Waals surface area contributed by atoms with E-state index in [0.717, 1.165) is 47.9 Å². The zero-order chi connectivity index (χ0) is 20.2. The van der Waals surface area contributed by atoms with E-state index in [1.165, 1.54) is 5.57 Å². The van der Waals surface area contributed by atoms with Crippen LogP contribution in [0.1, 0.15) is 36.0 Å². The van der Waals surface area contributed by atoms with Crippen LogP contribution >= 0.6 is 0 Å². The lowest BCUT2D eigenvalue weighted by molar-refractivity contribution is -0.136. The zero-order valence-electron chi connectivity index (χ0n) is 16.3. The monoisotopic (exact) mass is 391 g/mol. The maximum absolute atomic E-state index is 11.1. The third-order valence-corrected chi connectivity index (χ3v) is 5.52. The Morgan fingerprint density at radius 2 is 2.10 bits per heavy atom. The van der Waals surface area contributed by atoms with E-state index in [1.54, 1.807) is 12.3 Å². The largest absolute Gasteiger partial charge is 0.489 e. The summed E-state index contributed by atoms with van der Waals surface area (Å²) in [5, 5.41) is 10.2. The Balaban J connectivity index is 1.60. The minimum Gasteiger partial charge on any atom is -0.489 e. The van der Waals surface area contributed by atoms with Gasteiger partial charge in [-0.15, -0.1) is 0 Å². The Hall–Kier alpha value is -3.05. The third kappa shape index (κ3) is 4.35. The molecule has 4 rings (SSSR count). The molecule has 3 N–H and O–H groups in total.